The fraction of sp³-hybridized carbons (Fsp3) is 0.300. The number of nitrogens with zero attached hydrogens (tertiary/aromatic N) is 2. The molecule has 0 aliphatic carbocycles. The molecular weight excluding hydrogens is 402 g/mol. The van der Waals surface area contributed by atoms with Crippen molar-refractivity contribution in [2.45, 2.75) is 23.8 Å². The molecule has 146 valence electrons. The SMILES string of the molecule is O=C(CSc1ccccc1)N(CC1CCCO1)c1nc2c(F)cc(F)cc2s1. The summed E-state index contributed by atoms with van der Waals surface area (Å²) in [5, 5.41) is 0.369. The van der Waals surface area contributed by atoms with Crippen LogP contribution in [0.1, 0.15) is 12.8 Å². The highest BCUT2D eigenvalue weighted by Crippen LogP contribution is 2.32. The lowest BCUT2D eigenvalue weighted by Crippen LogP contribution is -2.38. The fourth-order valence-electron chi connectivity index (χ4n) is 3.08. The standard InChI is InChI=1S/C20H18F2N2O2S2/c21-13-9-16(22)19-17(10-13)28-20(23-19)24(11-14-5-4-8-26-14)18(25)12-27-15-6-2-1-3-7-15/h1-3,6-7,9-10,14H,4-5,8,11-12H2. The number of thioether (sulfide) groups is 1. The number of fused-ring (bicyclic) bond motifs is 1. The number of aromatic nitrogens is 1. The molecular formula is C20H18F2N2O2S2. The van der Waals surface area contributed by atoms with E-state index in [0.29, 0.717) is 23.0 Å². The van der Waals surface area contributed by atoms with Crippen LogP contribution in [0.5, 0.6) is 0 Å². The highest BCUT2D eigenvalue weighted by atomic mass is 32.2. The first kappa shape index (κ1) is 19.3. The molecule has 1 atom stereocenters. The third kappa shape index (κ3) is 4.34. The third-order valence-electron chi connectivity index (χ3n) is 4.45. The van der Waals surface area contributed by atoms with Crippen molar-refractivity contribution in [1.29, 1.82) is 0 Å². The van der Waals surface area contributed by atoms with Gasteiger partial charge in [0.25, 0.3) is 0 Å². The predicted octanol–water partition coefficient (Wildman–Crippen LogP) is 4.88. The second kappa shape index (κ2) is 8.55. The van der Waals surface area contributed by atoms with Gasteiger partial charge in [-0.05, 0) is 31.0 Å². The first-order valence-electron chi connectivity index (χ1n) is 8.95. The lowest BCUT2D eigenvalue weighted by molar-refractivity contribution is -0.116. The van der Waals surface area contributed by atoms with Gasteiger partial charge in [0.15, 0.2) is 10.9 Å². The summed E-state index contributed by atoms with van der Waals surface area (Å²) in [6.07, 6.45) is 1.74. The van der Waals surface area contributed by atoms with Gasteiger partial charge in [-0.15, -0.1) is 11.8 Å². The molecule has 0 N–H and O–H groups in total. The molecule has 0 saturated carbocycles. The number of carbonyl (C=O) groups excluding carboxylic acids is 1. The second-order valence-corrected chi connectivity index (χ2v) is 8.53. The van der Waals surface area contributed by atoms with Crippen LogP contribution in [0.25, 0.3) is 10.2 Å². The molecule has 3 aromatic rings. The molecule has 28 heavy (non-hydrogen) atoms. The van der Waals surface area contributed by atoms with Gasteiger partial charge >= 0.3 is 0 Å². The topological polar surface area (TPSA) is 42.4 Å². The van der Waals surface area contributed by atoms with Gasteiger partial charge in [0.2, 0.25) is 5.91 Å². The van der Waals surface area contributed by atoms with E-state index in [1.165, 1.54) is 17.8 Å². The summed E-state index contributed by atoms with van der Waals surface area (Å²) in [5.74, 6) is -1.29. The minimum absolute atomic E-state index is 0.0701. The predicted molar refractivity (Wildman–Crippen MR) is 108 cm³/mol. The van der Waals surface area contributed by atoms with E-state index in [-0.39, 0.29) is 23.3 Å². The van der Waals surface area contributed by atoms with E-state index in [2.05, 4.69) is 4.98 Å². The number of carbonyl (C=O) groups is 1. The van der Waals surface area contributed by atoms with E-state index < -0.39 is 11.6 Å². The molecule has 8 heteroatoms. The highest BCUT2D eigenvalue weighted by molar-refractivity contribution is 8.00. The number of anilines is 1. The number of thiazole rings is 1. The maximum Gasteiger partial charge on any atom is 0.239 e. The largest absolute Gasteiger partial charge is 0.376 e. The summed E-state index contributed by atoms with van der Waals surface area (Å²) in [6.45, 7) is 1.03. The molecule has 1 unspecified atom stereocenters. The zero-order valence-corrected chi connectivity index (χ0v) is 16.6. The Morgan fingerprint density at radius 2 is 2.11 bits per heavy atom. The third-order valence-corrected chi connectivity index (χ3v) is 6.47. The molecule has 1 aliphatic rings. The molecule has 1 aromatic heterocycles. The number of amides is 1. The monoisotopic (exact) mass is 420 g/mol. The lowest BCUT2D eigenvalue weighted by atomic mass is 10.2. The Morgan fingerprint density at radius 1 is 1.29 bits per heavy atom. The molecule has 1 aliphatic heterocycles. The molecule has 4 rings (SSSR count). The maximum absolute atomic E-state index is 14.1. The van der Waals surface area contributed by atoms with Gasteiger partial charge in [-0.3, -0.25) is 9.69 Å². The summed E-state index contributed by atoms with van der Waals surface area (Å²) >= 11 is 2.55. The Hall–Kier alpha value is -2.03. The second-order valence-electron chi connectivity index (χ2n) is 6.47. The van der Waals surface area contributed by atoms with E-state index in [0.717, 1.165) is 35.1 Å². The average molecular weight is 421 g/mol. The van der Waals surface area contributed by atoms with E-state index >= 15 is 0 Å². The van der Waals surface area contributed by atoms with Gasteiger partial charge in [-0.2, -0.15) is 0 Å². The summed E-state index contributed by atoms with van der Waals surface area (Å²) < 4.78 is 33.7. The van der Waals surface area contributed by atoms with Gasteiger partial charge in [-0.1, -0.05) is 29.5 Å². The van der Waals surface area contributed by atoms with Crippen molar-refractivity contribution in [1.82, 2.24) is 4.98 Å². The molecule has 0 spiro atoms. The van der Waals surface area contributed by atoms with Crippen LogP contribution in [-0.4, -0.2) is 35.9 Å². The van der Waals surface area contributed by atoms with Crippen molar-refractivity contribution in [2.24, 2.45) is 0 Å². The normalized spacial score (nSPS) is 16.6. The zero-order chi connectivity index (χ0) is 19.5. The lowest BCUT2D eigenvalue weighted by Gasteiger charge is -2.23. The van der Waals surface area contributed by atoms with Crippen molar-refractivity contribution in [3.05, 3.63) is 54.1 Å². The van der Waals surface area contributed by atoms with Crippen molar-refractivity contribution < 1.29 is 18.3 Å². The van der Waals surface area contributed by atoms with Crippen LogP contribution in [0.15, 0.2) is 47.4 Å². The van der Waals surface area contributed by atoms with Crippen LogP contribution in [0.2, 0.25) is 0 Å². The summed E-state index contributed by atoms with van der Waals surface area (Å²) in [4.78, 5) is 19.8. The molecule has 2 aromatic carbocycles. The van der Waals surface area contributed by atoms with E-state index in [1.807, 2.05) is 30.3 Å². The number of ether oxygens (including phenoxy) is 1. The fourth-order valence-corrected chi connectivity index (χ4v) is 4.91. The van der Waals surface area contributed by atoms with Crippen molar-refractivity contribution in [2.75, 3.05) is 23.8 Å². The molecule has 0 radical (unpaired) electrons. The Morgan fingerprint density at radius 3 is 2.86 bits per heavy atom. The number of hydrogen-bond donors (Lipinski definition) is 0. The van der Waals surface area contributed by atoms with Crippen LogP contribution >= 0.6 is 23.1 Å². The highest BCUT2D eigenvalue weighted by Gasteiger charge is 2.26. The van der Waals surface area contributed by atoms with Crippen molar-refractivity contribution >= 4 is 44.4 Å². The van der Waals surface area contributed by atoms with Gasteiger partial charge in [0, 0.05) is 17.6 Å². The number of halogens is 2. The van der Waals surface area contributed by atoms with E-state index in [9.17, 15) is 13.6 Å². The van der Waals surface area contributed by atoms with Crippen LogP contribution in [-0.2, 0) is 9.53 Å². The van der Waals surface area contributed by atoms with Crippen molar-refractivity contribution in [3.63, 3.8) is 0 Å². The van der Waals surface area contributed by atoms with Crippen molar-refractivity contribution in [3.8, 4) is 0 Å². The molecule has 1 saturated heterocycles. The summed E-state index contributed by atoms with van der Waals surface area (Å²) in [5.41, 5.74) is 0.0854. The number of benzene rings is 2. The number of rotatable bonds is 6. The van der Waals surface area contributed by atoms with Crippen LogP contribution < -0.4 is 4.90 Å². The van der Waals surface area contributed by atoms with Crippen LogP contribution in [0.3, 0.4) is 0 Å². The van der Waals surface area contributed by atoms with Gasteiger partial charge in [0.1, 0.15) is 11.3 Å². The van der Waals surface area contributed by atoms with E-state index in [4.69, 9.17) is 4.74 Å². The Bertz CT molecular complexity index is 975. The summed E-state index contributed by atoms with van der Waals surface area (Å²) in [6, 6.07) is 11.7. The van der Waals surface area contributed by atoms with Gasteiger partial charge in [-0.25, -0.2) is 13.8 Å². The Labute approximate surface area is 169 Å². The van der Waals surface area contributed by atoms with Gasteiger partial charge < -0.3 is 4.74 Å². The quantitative estimate of drug-likeness (QED) is 0.533. The summed E-state index contributed by atoms with van der Waals surface area (Å²) in [7, 11) is 0. The first-order valence-corrected chi connectivity index (χ1v) is 10.8. The van der Waals surface area contributed by atoms with Crippen LogP contribution in [0, 0.1) is 11.6 Å². The first-order chi connectivity index (χ1) is 13.6. The maximum atomic E-state index is 14.1. The minimum Gasteiger partial charge on any atom is -0.376 e. The average Bonchev–Trinajstić information content (AvgIpc) is 3.34. The van der Waals surface area contributed by atoms with Gasteiger partial charge in [0.05, 0.1) is 23.1 Å². The zero-order valence-electron chi connectivity index (χ0n) is 14.9. The smallest absolute Gasteiger partial charge is 0.239 e. The molecule has 4 nitrogen and oxygen atoms in total. The molecule has 0 bridgehead atoms. The van der Waals surface area contributed by atoms with Crippen LogP contribution in [0.4, 0.5) is 13.9 Å². The van der Waals surface area contributed by atoms with E-state index in [1.54, 1.807) is 4.90 Å². The molecule has 2 heterocycles. The molecule has 1 fully saturated rings. The Balaban J connectivity index is 1.59. The minimum atomic E-state index is -0.722. The molecule has 1 amide bonds. The Kier molecular flexibility index (Phi) is 5.89. The number of hydrogen-bond acceptors (Lipinski definition) is 5.